The van der Waals surface area contributed by atoms with E-state index in [2.05, 4.69) is 92.2 Å². The van der Waals surface area contributed by atoms with E-state index in [-0.39, 0.29) is 0 Å². The fraction of sp³-hybridized carbons (Fsp3) is 0.273. The van der Waals surface area contributed by atoms with E-state index in [1.807, 2.05) is 0 Å². The minimum Gasteiger partial charge on any atom is -0.316 e. The highest BCUT2D eigenvalue weighted by Crippen LogP contribution is 2.36. The molecule has 1 aliphatic rings. The Morgan fingerprint density at radius 2 is 1.50 bits per heavy atom. The van der Waals surface area contributed by atoms with E-state index >= 15 is 0 Å². The van der Waals surface area contributed by atoms with Crippen LogP contribution >= 0.6 is 0 Å². The molecule has 3 aromatic carbocycles. The molecule has 2 nitrogen and oxygen atoms in total. The zero-order chi connectivity index (χ0) is 16.6. The highest BCUT2D eigenvalue weighted by atomic mass is 15.4. The van der Waals surface area contributed by atoms with Crippen LogP contribution in [0.4, 0.5) is 0 Å². The first-order valence-corrected chi connectivity index (χ1v) is 8.71. The van der Waals surface area contributed by atoms with Gasteiger partial charge in [0, 0.05) is 6.04 Å². The Morgan fingerprint density at radius 1 is 0.792 bits per heavy atom. The van der Waals surface area contributed by atoms with Gasteiger partial charge in [-0.05, 0) is 21.9 Å². The van der Waals surface area contributed by atoms with Crippen molar-refractivity contribution in [3.05, 3.63) is 83.9 Å². The monoisotopic (exact) mass is 317 g/mol. The van der Waals surface area contributed by atoms with Crippen molar-refractivity contribution in [3.8, 4) is 0 Å². The molecule has 0 radical (unpaired) electrons. The Balaban J connectivity index is 1.77. The van der Waals surface area contributed by atoms with Gasteiger partial charge in [-0.3, -0.25) is 5.32 Å². The van der Waals surface area contributed by atoms with Crippen LogP contribution in [-0.4, -0.2) is 31.8 Å². The minimum absolute atomic E-state index is 0.374. The van der Waals surface area contributed by atoms with Gasteiger partial charge in [-0.2, -0.15) is 0 Å². The van der Waals surface area contributed by atoms with Crippen LogP contribution in [0.3, 0.4) is 0 Å². The third-order valence-corrected chi connectivity index (χ3v) is 5.19. The summed E-state index contributed by atoms with van der Waals surface area (Å²) in [5, 5.41) is 6.44. The molecule has 122 valence electrons. The van der Waals surface area contributed by atoms with E-state index in [0.29, 0.717) is 12.0 Å². The molecule has 0 aliphatic carbocycles. The van der Waals surface area contributed by atoms with Crippen molar-refractivity contribution >= 4 is 10.8 Å². The maximum absolute atomic E-state index is 3.79. The van der Waals surface area contributed by atoms with Crippen LogP contribution in [0.5, 0.6) is 0 Å². The van der Waals surface area contributed by atoms with Crippen LogP contribution in [0.1, 0.15) is 23.1 Å². The van der Waals surface area contributed by atoms with Gasteiger partial charge in [0.25, 0.3) is 0 Å². The highest BCUT2D eigenvalue weighted by molar-refractivity contribution is 5.83. The van der Waals surface area contributed by atoms with Crippen LogP contribution in [0.25, 0.3) is 10.8 Å². The zero-order valence-electron chi connectivity index (χ0n) is 14.4. The molecule has 2 heteroatoms. The topological polar surface area (TPSA) is 12.0 Å². The molecule has 1 saturated heterocycles. The van der Waals surface area contributed by atoms with Gasteiger partial charge in [0.15, 0.2) is 0 Å². The first-order chi connectivity index (χ1) is 11.6. The number of fused-ring (bicyclic) bond motifs is 1. The number of likely N-dealkylation sites (N-methyl/N-ethyl adjacent to an activating group) is 1. The van der Waals surface area contributed by atoms with E-state index in [1.165, 1.54) is 21.9 Å². The number of rotatable bonds is 2. The summed E-state index contributed by atoms with van der Waals surface area (Å²) in [6.07, 6.45) is 0. The lowest BCUT2D eigenvalue weighted by Gasteiger charge is -2.43. The van der Waals surface area contributed by atoms with Crippen LogP contribution in [0.2, 0.25) is 0 Å². The molecular formula is C22H25N2+. The van der Waals surface area contributed by atoms with Crippen LogP contribution in [0, 0.1) is 0 Å². The number of hydrogen-bond donors (Lipinski definition) is 1. The molecule has 0 unspecified atom stereocenters. The van der Waals surface area contributed by atoms with Gasteiger partial charge in [0.2, 0.25) is 0 Å². The smallest absolute Gasteiger partial charge is 0.132 e. The molecular weight excluding hydrogens is 292 g/mol. The van der Waals surface area contributed by atoms with Crippen LogP contribution < -0.4 is 5.32 Å². The van der Waals surface area contributed by atoms with E-state index in [1.54, 1.807) is 0 Å². The van der Waals surface area contributed by atoms with Gasteiger partial charge in [0.05, 0.1) is 26.6 Å². The Bertz CT molecular complexity index is 839. The normalized spacial score (nSPS) is 23.2. The van der Waals surface area contributed by atoms with Crippen molar-refractivity contribution in [1.82, 2.24) is 5.32 Å². The maximum atomic E-state index is 3.79. The first-order valence-electron chi connectivity index (χ1n) is 8.71. The van der Waals surface area contributed by atoms with Gasteiger partial charge in [-0.15, -0.1) is 0 Å². The largest absolute Gasteiger partial charge is 0.316 e. The number of quaternary nitrogens is 1. The first kappa shape index (κ1) is 15.4. The molecule has 2 atom stereocenters. The molecule has 1 aliphatic heterocycles. The van der Waals surface area contributed by atoms with Crippen molar-refractivity contribution in [1.29, 1.82) is 0 Å². The van der Waals surface area contributed by atoms with E-state index in [9.17, 15) is 0 Å². The van der Waals surface area contributed by atoms with Gasteiger partial charge in [0.1, 0.15) is 6.67 Å². The summed E-state index contributed by atoms with van der Waals surface area (Å²) in [5.41, 5.74) is 2.82. The molecule has 24 heavy (non-hydrogen) atoms. The fourth-order valence-electron chi connectivity index (χ4n) is 3.94. The van der Waals surface area contributed by atoms with Crippen molar-refractivity contribution in [2.75, 3.05) is 27.3 Å². The molecule has 0 saturated carbocycles. The second-order valence-corrected chi connectivity index (χ2v) is 7.58. The van der Waals surface area contributed by atoms with Crippen molar-refractivity contribution in [2.45, 2.75) is 12.0 Å². The Morgan fingerprint density at radius 3 is 2.29 bits per heavy atom. The summed E-state index contributed by atoms with van der Waals surface area (Å²) in [5.74, 6) is 0.473. The third kappa shape index (κ3) is 2.95. The minimum atomic E-state index is 0.374. The van der Waals surface area contributed by atoms with E-state index in [4.69, 9.17) is 0 Å². The summed E-state index contributed by atoms with van der Waals surface area (Å²) in [6, 6.07) is 26.8. The van der Waals surface area contributed by atoms with Gasteiger partial charge >= 0.3 is 0 Å². The predicted octanol–water partition coefficient (Wildman–Crippen LogP) is 4.30. The molecule has 1 fully saturated rings. The number of nitrogens with one attached hydrogen (secondary N) is 1. The third-order valence-electron chi connectivity index (χ3n) is 5.19. The van der Waals surface area contributed by atoms with Gasteiger partial charge in [-0.25, -0.2) is 0 Å². The lowest BCUT2D eigenvalue weighted by atomic mass is 9.84. The SMILES string of the molecule is C[N+]1(C)CN[C@H](c2ccccc2)[C@H](c2ccc3ccccc3c2)C1. The number of nitrogens with zero attached hydrogens (tertiary/aromatic N) is 1. The lowest BCUT2D eigenvalue weighted by Crippen LogP contribution is -2.56. The Labute approximate surface area is 144 Å². The molecule has 0 spiro atoms. The summed E-state index contributed by atoms with van der Waals surface area (Å²) in [4.78, 5) is 0. The maximum Gasteiger partial charge on any atom is 0.132 e. The molecule has 0 bridgehead atoms. The van der Waals surface area contributed by atoms with Gasteiger partial charge < -0.3 is 4.48 Å². The van der Waals surface area contributed by atoms with E-state index in [0.717, 1.165) is 17.7 Å². The average molecular weight is 317 g/mol. The van der Waals surface area contributed by atoms with Crippen LogP contribution in [0.15, 0.2) is 72.8 Å². The molecule has 0 aromatic heterocycles. The van der Waals surface area contributed by atoms with Gasteiger partial charge in [-0.1, -0.05) is 72.8 Å². The highest BCUT2D eigenvalue weighted by Gasteiger charge is 2.36. The number of hydrogen-bond acceptors (Lipinski definition) is 1. The van der Waals surface area contributed by atoms with Crippen molar-refractivity contribution in [2.24, 2.45) is 0 Å². The Kier molecular flexibility index (Phi) is 3.87. The zero-order valence-corrected chi connectivity index (χ0v) is 14.4. The number of benzene rings is 3. The predicted molar refractivity (Wildman–Crippen MR) is 101 cm³/mol. The lowest BCUT2D eigenvalue weighted by molar-refractivity contribution is -0.900. The Hall–Kier alpha value is -2.16. The summed E-state index contributed by atoms with van der Waals surface area (Å²) < 4.78 is 1.00. The molecule has 3 aromatic rings. The average Bonchev–Trinajstić information content (AvgIpc) is 2.61. The molecule has 1 heterocycles. The molecule has 0 amide bonds. The van der Waals surface area contributed by atoms with Crippen molar-refractivity contribution in [3.63, 3.8) is 0 Å². The van der Waals surface area contributed by atoms with E-state index < -0.39 is 0 Å². The van der Waals surface area contributed by atoms with Crippen LogP contribution in [-0.2, 0) is 0 Å². The van der Waals surface area contributed by atoms with Crippen molar-refractivity contribution < 1.29 is 4.48 Å². The summed E-state index contributed by atoms with van der Waals surface area (Å²) >= 11 is 0. The standard InChI is InChI=1S/C22H25N2/c1-24(2)15-21(22(23-16-24)18-9-4-3-5-10-18)20-13-12-17-8-6-7-11-19(17)14-20/h3-14,21-23H,15-16H2,1-2H3/q+1/t21-,22+/m0/s1. The summed E-state index contributed by atoms with van der Waals surface area (Å²) in [7, 11) is 4.62. The summed E-state index contributed by atoms with van der Waals surface area (Å²) in [6.45, 7) is 2.15. The second kappa shape index (κ2) is 6.04. The quantitative estimate of drug-likeness (QED) is 0.695. The molecule has 1 N–H and O–H groups in total. The molecule has 4 rings (SSSR count). The second-order valence-electron chi connectivity index (χ2n) is 7.58. The fourth-order valence-corrected chi connectivity index (χ4v) is 3.94.